The smallest absolute Gasteiger partial charge is 0.0833 e. The van der Waals surface area contributed by atoms with Gasteiger partial charge in [0.05, 0.1) is 51.4 Å². The molecule has 0 aromatic rings. The van der Waals surface area contributed by atoms with Gasteiger partial charge in [-0.2, -0.15) is 0 Å². The van der Waals surface area contributed by atoms with Crippen LogP contribution in [0.25, 0.3) is 0 Å². The van der Waals surface area contributed by atoms with Gasteiger partial charge in [-0.25, -0.2) is 0 Å². The molecule has 3 fully saturated rings. The number of likely N-dealkylation sites (tertiary alicyclic amines) is 2. The Balaban J connectivity index is 1.64. The molecular weight excluding hydrogens is 292 g/mol. The summed E-state index contributed by atoms with van der Waals surface area (Å²) >= 11 is 0. The largest absolute Gasteiger partial charge is 0.321 e. The van der Waals surface area contributed by atoms with Crippen LogP contribution in [0.15, 0.2) is 12.2 Å². The van der Waals surface area contributed by atoms with Gasteiger partial charge in [-0.05, 0) is 53.4 Å². The quantitative estimate of drug-likeness (QED) is 0.543. The number of quaternary nitrogens is 2. The summed E-state index contributed by atoms with van der Waals surface area (Å²) in [6.45, 7) is 23.2. The van der Waals surface area contributed by atoms with E-state index in [1.807, 2.05) is 0 Å². The van der Waals surface area contributed by atoms with Gasteiger partial charge < -0.3 is 8.97 Å². The van der Waals surface area contributed by atoms with Crippen molar-refractivity contribution in [2.24, 2.45) is 35.5 Å². The molecule has 2 bridgehead atoms. The van der Waals surface area contributed by atoms with Crippen molar-refractivity contribution >= 4 is 0 Å². The van der Waals surface area contributed by atoms with E-state index < -0.39 is 0 Å². The Morgan fingerprint density at radius 2 is 0.958 bits per heavy atom. The Morgan fingerprint density at radius 3 is 1.17 bits per heavy atom. The fourth-order valence-electron chi connectivity index (χ4n) is 7.55. The average Bonchev–Trinajstić information content (AvgIpc) is 3.16. The lowest BCUT2D eigenvalue weighted by Gasteiger charge is -2.45. The predicted molar refractivity (Wildman–Crippen MR) is 101 cm³/mol. The SMILES string of the molecule is CC[N+]1(C(C)C)CC2C3C=CC(C2C1)C1C[N+](CC)(C(C)C)CC31. The van der Waals surface area contributed by atoms with E-state index in [1.165, 1.54) is 48.2 Å². The van der Waals surface area contributed by atoms with Crippen molar-refractivity contribution in [3.8, 4) is 0 Å². The highest BCUT2D eigenvalue weighted by Crippen LogP contribution is 2.59. The minimum Gasteiger partial charge on any atom is -0.321 e. The molecule has 136 valence electrons. The lowest BCUT2D eigenvalue weighted by molar-refractivity contribution is -0.940. The summed E-state index contributed by atoms with van der Waals surface area (Å²) in [5, 5.41) is 0. The highest BCUT2D eigenvalue weighted by Gasteiger charge is 2.64. The maximum Gasteiger partial charge on any atom is 0.0833 e. The van der Waals surface area contributed by atoms with E-state index in [2.05, 4.69) is 53.7 Å². The molecule has 2 nitrogen and oxygen atoms in total. The van der Waals surface area contributed by atoms with Crippen LogP contribution in [-0.4, -0.2) is 60.3 Å². The fraction of sp³-hybridized carbons (Fsp3) is 0.909. The van der Waals surface area contributed by atoms with Crippen LogP contribution in [0.3, 0.4) is 0 Å². The molecule has 2 saturated heterocycles. The summed E-state index contributed by atoms with van der Waals surface area (Å²) in [6.07, 6.45) is 5.36. The first-order valence-electron chi connectivity index (χ1n) is 10.8. The molecule has 0 amide bonds. The van der Waals surface area contributed by atoms with E-state index >= 15 is 0 Å². The van der Waals surface area contributed by atoms with Crippen LogP contribution < -0.4 is 0 Å². The number of allylic oxidation sites excluding steroid dienone is 2. The lowest BCUT2D eigenvalue weighted by Crippen LogP contribution is -2.52. The van der Waals surface area contributed by atoms with E-state index in [4.69, 9.17) is 0 Å². The highest BCUT2D eigenvalue weighted by atomic mass is 15.4. The Hall–Kier alpha value is -0.340. The number of hydrogen-bond acceptors (Lipinski definition) is 0. The van der Waals surface area contributed by atoms with Crippen molar-refractivity contribution < 1.29 is 8.97 Å². The van der Waals surface area contributed by atoms with Crippen LogP contribution >= 0.6 is 0 Å². The van der Waals surface area contributed by atoms with Crippen LogP contribution in [0.5, 0.6) is 0 Å². The van der Waals surface area contributed by atoms with Gasteiger partial charge in [-0.15, -0.1) is 0 Å². The molecule has 4 atom stereocenters. The Labute approximate surface area is 150 Å². The van der Waals surface area contributed by atoms with Gasteiger partial charge in [0.1, 0.15) is 0 Å². The molecule has 1 saturated carbocycles. The summed E-state index contributed by atoms with van der Waals surface area (Å²) in [5.74, 6) is 5.70. The van der Waals surface area contributed by atoms with Crippen LogP contribution in [0.4, 0.5) is 0 Å². The summed E-state index contributed by atoms with van der Waals surface area (Å²) in [4.78, 5) is 0. The molecule has 0 aromatic heterocycles. The van der Waals surface area contributed by atoms with Gasteiger partial charge in [0, 0.05) is 23.7 Å². The van der Waals surface area contributed by atoms with Crippen LogP contribution in [0.1, 0.15) is 41.5 Å². The van der Waals surface area contributed by atoms with Crippen molar-refractivity contribution in [1.82, 2.24) is 0 Å². The Morgan fingerprint density at radius 1 is 0.667 bits per heavy atom. The zero-order chi connectivity index (χ0) is 17.3. The van der Waals surface area contributed by atoms with Gasteiger partial charge in [-0.3, -0.25) is 0 Å². The van der Waals surface area contributed by atoms with E-state index in [0.29, 0.717) is 0 Å². The summed E-state index contributed by atoms with van der Waals surface area (Å²) in [7, 11) is 0. The zero-order valence-electron chi connectivity index (χ0n) is 16.9. The molecule has 0 spiro atoms. The molecule has 0 radical (unpaired) electrons. The molecular formula is C22H40N2+2. The third-order valence-corrected chi connectivity index (χ3v) is 9.38. The average molecular weight is 333 g/mol. The molecule has 5 rings (SSSR count). The highest BCUT2D eigenvalue weighted by molar-refractivity contribution is 5.17. The summed E-state index contributed by atoms with van der Waals surface area (Å²) in [5.41, 5.74) is 0. The second-order valence-corrected chi connectivity index (χ2v) is 10.2. The third kappa shape index (κ3) is 2.08. The molecule has 2 heteroatoms. The number of nitrogens with zero attached hydrogens (tertiary/aromatic N) is 2. The molecule has 3 aliphatic carbocycles. The van der Waals surface area contributed by atoms with E-state index in [0.717, 1.165) is 47.6 Å². The molecule has 2 aliphatic heterocycles. The Bertz CT molecular complexity index is 450. The van der Waals surface area contributed by atoms with Crippen LogP contribution in [0, 0.1) is 35.5 Å². The van der Waals surface area contributed by atoms with Gasteiger partial charge in [-0.1, -0.05) is 12.2 Å². The minimum atomic E-state index is 0.793. The zero-order valence-corrected chi connectivity index (χ0v) is 16.9. The number of rotatable bonds is 4. The standard InChI is InChI=1S/C22H40N2/c1-7-23(15(3)4)11-19-17-9-10-18(20(19)12-23)22-14-24(8-2,16(5)6)13-21(17)22/h9-10,15-22H,7-8,11-14H2,1-6H3/q+2. The summed E-state index contributed by atoms with van der Waals surface area (Å²) < 4.78 is 2.78. The molecule has 24 heavy (non-hydrogen) atoms. The molecule has 0 aromatic carbocycles. The molecule has 0 N–H and O–H groups in total. The monoisotopic (exact) mass is 332 g/mol. The molecule has 2 heterocycles. The Kier molecular flexibility index (Phi) is 3.97. The minimum absolute atomic E-state index is 0.793. The van der Waals surface area contributed by atoms with E-state index in [-0.39, 0.29) is 0 Å². The molecule has 5 aliphatic rings. The maximum atomic E-state index is 2.68. The van der Waals surface area contributed by atoms with Crippen molar-refractivity contribution in [3.05, 3.63) is 12.2 Å². The maximum absolute atomic E-state index is 2.68. The van der Waals surface area contributed by atoms with Crippen molar-refractivity contribution in [1.29, 1.82) is 0 Å². The van der Waals surface area contributed by atoms with Crippen LogP contribution in [0.2, 0.25) is 0 Å². The summed E-state index contributed by atoms with van der Waals surface area (Å²) in [6, 6.07) is 1.59. The van der Waals surface area contributed by atoms with Crippen molar-refractivity contribution in [2.45, 2.75) is 53.6 Å². The van der Waals surface area contributed by atoms with E-state index in [1.54, 1.807) is 0 Å². The first-order valence-corrected chi connectivity index (χ1v) is 10.8. The number of hydrogen-bond donors (Lipinski definition) is 0. The van der Waals surface area contributed by atoms with Gasteiger partial charge >= 0.3 is 0 Å². The van der Waals surface area contributed by atoms with Crippen molar-refractivity contribution in [2.75, 3.05) is 39.3 Å². The first-order chi connectivity index (χ1) is 11.4. The fourth-order valence-corrected chi connectivity index (χ4v) is 7.55. The van der Waals surface area contributed by atoms with Crippen LogP contribution in [-0.2, 0) is 0 Å². The van der Waals surface area contributed by atoms with Gasteiger partial charge in [0.25, 0.3) is 0 Å². The van der Waals surface area contributed by atoms with Crippen molar-refractivity contribution in [3.63, 3.8) is 0 Å². The predicted octanol–water partition coefficient (Wildman–Crippen LogP) is 3.78. The topological polar surface area (TPSA) is 0 Å². The van der Waals surface area contributed by atoms with E-state index in [9.17, 15) is 0 Å². The first kappa shape index (κ1) is 17.1. The van der Waals surface area contributed by atoms with Gasteiger partial charge in [0.15, 0.2) is 0 Å². The normalized spacial score (nSPS) is 52.3. The molecule has 4 unspecified atom stereocenters. The lowest BCUT2D eigenvalue weighted by atomic mass is 9.55. The second kappa shape index (κ2) is 5.58. The second-order valence-electron chi connectivity index (χ2n) is 10.2. The third-order valence-electron chi connectivity index (χ3n) is 9.38. The van der Waals surface area contributed by atoms with Gasteiger partial charge in [0.2, 0.25) is 0 Å².